The summed E-state index contributed by atoms with van der Waals surface area (Å²) in [5.41, 5.74) is 1.52. The number of aromatic nitrogens is 3. The summed E-state index contributed by atoms with van der Waals surface area (Å²) in [6.45, 7) is 2.45. The van der Waals surface area contributed by atoms with Gasteiger partial charge in [0.15, 0.2) is 5.65 Å². The second kappa shape index (κ2) is 5.16. The maximum atomic E-state index is 5.62. The summed E-state index contributed by atoms with van der Waals surface area (Å²) in [5, 5.41) is 0.844. The van der Waals surface area contributed by atoms with Gasteiger partial charge in [-0.1, -0.05) is 15.9 Å². The lowest BCUT2D eigenvalue weighted by atomic mass is 10.3. The van der Waals surface area contributed by atoms with Gasteiger partial charge in [-0.3, -0.25) is 4.98 Å². The topological polar surface area (TPSA) is 51.1 Å². The van der Waals surface area contributed by atoms with Crippen molar-refractivity contribution < 1.29 is 4.74 Å². The standard InChI is InChI=1S/C12H13BrN4O/c13-7-9-8-17(5-6-18-9)11-2-1-10-12(16-11)15-4-3-14-10/h1-4,9H,5-8H2. The zero-order valence-corrected chi connectivity index (χ0v) is 11.4. The molecule has 2 aromatic heterocycles. The van der Waals surface area contributed by atoms with Crippen molar-refractivity contribution >= 4 is 32.9 Å². The number of alkyl halides is 1. The van der Waals surface area contributed by atoms with E-state index in [1.165, 1.54) is 0 Å². The summed E-state index contributed by atoms with van der Waals surface area (Å²) in [5.74, 6) is 0.942. The number of halogens is 1. The summed E-state index contributed by atoms with van der Waals surface area (Å²) in [7, 11) is 0. The first-order valence-electron chi connectivity index (χ1n) is 5.87. The first kappa shape index (κ1) is 11.8. The summed E-state index contributed by atoms with van der Waals surface area (Å²) in [6, 6.07) is 3.96. The van der Waals surface area contributed by atoms with Crippen LogP contribution >= 0.6 is 15.9 Å². The molecular formula is C12H13BrN4O. The second-order valence-corrected chi connectivity index (χ2v) is 4.81. The summed E-state index contributed by atoms with van der Waals surface area (Å²) < 4.78 is 5.62. The predicted molar refractivity (Wildman–Crippen MR) is 73.1 cm³/mol. The molecule has 94 valence electrons. The Morgan fingerprint density at radius 2 is 2.22 bits per heavy atom. The number of hydrogen-bond donors (Lipinski definition) is 0. The molecule has 0 aromatic carbocycles. The largest absolute Gasteiger partial charge is 0.374 e. The molecule has 3 heterocycles. The molecule has 18 heavy (non-hydrogen) atoms. The van der Waals surface area contributed by atoms with Crippen LogP contribution in [0.2, 0.25) is 0 Å². The number of pyridine rings is 1. The van der Waals surface area contributed by atoms with E-state index in [1.54, 1.807) is 12.4 Å². The van der Waals surface area contributed by atoms with E-state index in [0.29, 0.717) is 5.65 Å². The average Bonchev–Trinajstić information content (AvgIpc) is 2.47. The highest BCUT2D eigenvalue weighted by atomic mass is 79.9. The van der Waals surface area contributed by atoms with Crippen molar-refractivity contribution in [1.29, 1.82) is 0 Å². The molecule has 0 amide bonds. The molecular weight excluding hydrogens is 296 g/mol. The Kier molecular flexibility index (Phi) is 3.38. The van der Waals surface area contributed by atoms with E-state index in [0.717, 1.165) is 36.4 Å². The number of rotatable bonds is 2. The lowest BCUT2D eigenvalue weighted by Crippen LogP contribution is -2.43. The molecule has 1 fully saturated rings. The average molecular weight is 309 g/mol. The van der Waals surface area contributed by atoms with Crippen LogP contribution in [0.3, 0.4) is 0 Å². The van der Waals surface area contributed by atoms with Crippen molar-refractivity contribution in [2.75, 3.05) is 29.9 Å². The molecule has 1 atom stereocenters. The Morgan fingerprint density at radius 1 is 1.33 bits per heavy atom. The molecule has 0 radical (unpaired) electrons. The normalized spacial score (nSPS) is 20.3. The fraction of sp³-hybridized carbons (Fsp3) is 0.417. The molecule has 0 saturated carbocycles. The van der Waals surface area contributed by atoms with Gasteiger partial charge in [0.2, 0.25) is 0 Å². The summed E-state index contributed by atoms with van der Waals surface area (Å²) in [4.78, 5) is 15.2. The third-order valence-electron chi connectivity index (χ3n) is 2.95. The molecule has 2 aromatic rings. The molecule has 3 rings (SSSR count). The van der Waals surface area contributed by atoms with E-state index in [4.69, 9.17) is 4.74 Å². The van der Waals surface area contributed by atoms with Crippen LogP contribution in [-0.2, 0) is 4.74 Å². The van der Waals surface area contributed by atoms with Crippen molar-refractivity contribution in [3.63, 3.8) is 0 Å². The fourth-order valence-corrected chi connectivity index (χ4v) is 2.43. The van der Waals surface area contributed by atoms with E-state index >= 15 is 0 Å². The Bertz CT molecular complexity index is 550. The summed E-state index contributed by atoms with van der Waals surface area (Å²) in [6.07, 6.45) is 3.57. The van der Waals surface area contributed by atoms with Gasteiger partial charge < -0.3 is 9.64 Å². The third kappa shape index (κ3) is 2.30. The van der Waals surface area contributed by atoms with Crippen LogP contribution in [0.1, 0.15) is 0 Å². The van der Waals surface area contributed by atoms with Gasteiger partial charge in [-0.05, 0) is 12.1 Å². The Morgan fingerprint density at radius 3 is 3.11 bits per heavy atom. The van der Waals surface area contributed by atoms with E-state index in [2.05, 4.69) is 35.8 Å². The van der Waals surface area contributed by atoms with Crippen LogP contribution in [0.25, 0.3) is 11.2 Å². The highest BCUT2D eigenvalue weighted by Gasteiger charge is 2.20. The van der Waals surface area contributed by atoms with Gasteiger partial charge in [0.25, 0.3) is 0 Å². The molecule has 1 aliphatic rings. The highest BCUT2D eigenvalue weighted by molar-refractivity contribution is 9.09. The molecule has 0 bridgehead atoms. The number of fused-ring (bicyclic) bond motifs is 1. The van der Waals surface area contributed by atoms with Crippen LogP contribution in [0.4, 0.5) is 5.82 Å². The summed E-state index contributed by atoms with van der Waals surface area (Å²) >= 11 is 3.46. The quantitative estimate of drug-likeness (QED) is 0.789. The number of morpholine rings is 1. The van der Waals surface area contributed by atoms with E-state index in [1.807, 2.05) is 12.1 Å². The Labute approximate surface area is 113 Å². The molecule has 6 heteroatoms. The minimum absolute atomic E-state index is 0.220. The predicted octanol–water partition coefficient (Wildman–Crippen LogP) is 1.62. The monoisotopic (exact) mass is 308 g/mol. The number of hydrogen-bond acceptors (Lipinski definition) is 5. The maximum absolute atomic E-state index is 5.62. The van der Waals surface area contributed by atoms with E-state index < -0.39 is 0 Å². The van der Waals surface area contributed by atoms with Gasteiger partial charge in [-0.15, -0.1) is 0 Å². The molecule has 1 aliphatic heterocycles. The van der Waals surface area contributed by atoms with Crippen LogP contribution in [0.15, 0.2) is 24.5 Å². The first-order chi connectivity index (χ1) is 8.86. The molecule has 0 spiro atoms. The molecule has 0 aliphatic carbocycles. The third-order valence-corrected chi connectivity index (χ3v) is 3.67. The highest BCUT2D eigenvalue weighted by Crippen LogP contribution is 2.18. The lowest BCUT2D eigenvalue weighted by Gasteiger charge is -2.32. The van der Waals surface area contributed by atoms with Crippen LogP contribution in [0.5, 0.6) is 0 Å². The SMILES string of the molecule is BrCC1CN(c2ccc3nccnc3n2)CCO1. The van der Waals surface area contributed by atoms with Gasteiger partial charge in [-0.25, -0.2) is 9.97 Å². The zero-order valence-electron chi connectivity index (χ0n) is 9.79. The molecule has 1 saturated heterocycles. The minimum Gasteiger partial charge on any atom is -0.374 e. The van der Waals surface area contributed by atoms with Crippen LogP contribution in [0, 0.1) is 0 Å². The molecule has 0 N–H and O–H groups in total. The van der Waals surface area contributed by atoms with Gasteiger partial charge >= 0.3 is 0 Å². The zero-order chi connectivity index (χ0) is 12.4. The van der Waals surface area contributed by atoms with Crippen molar-refractivity contribution in [1.82, 2.24) is 15.0 Å². The van der Waals surface area contributed by atoms with E-state index in [9.17, 15) is 0 Å². The molecule has 5 nitrogen and oxygen atoms in total. The van der Waals surface area contributed by atoms with Crippen molar-refractivity contribution in [3.05, 3.63) is 24.5 Å². The van der Waals surface area contributed by atoms with Gasteiger partial charge in [0, 0.05) is 30.8 Å². The number of nitrogens with zero attached hydrogens (tertiary/aromatic N) is 4. The van der Waals surface area contributed by atoms with Gasteiger partial charge in [-0.2, -0.15) is 0 Å². The van der Waals surface area contributed by atoms with Crippen LogP contribution in [-0.4, -0.2) is 46.1 Å². The fourth-order valence-electron chi connectivity index (χ4n) is 2.04. The Balaban J connectivity index is 1.89. The van der Waals surface area contributed by atoms with Gasteiger partial charge in [0.05, 0.1) is 12.7 Å². The minimum atomic E-state index is 0.220. The number of anilines is 1. The van der Waals surface area contributed by atoms with Crippen LogP contribution < -0.4 is 4.90 Å². The number of ether oxygens (including phenoxy) is 1. The smallest absolute Gasteiger partial charge is 0.180 e. The van der Waals surface area contributed by atoms with E-state index in [-0.39, 0.29) is 6.10 Å². The lowest BCUT2D eigenvalue weighted by molar-refractivity contribution is 0.0568. The van der Waals surface area contributed by atoms with Crippen molar-refractivity contribution in [2.45, 2.75) is 6.10 Å². The second-order valence-electron chi connectivity index (χ2n) is 4.16. The molecule has 1 unspecified atom stereocenters. The van der Waals surface area contributed by atoms with Crippen molar-refractivity contribution in [3.8, 4) is 0 Å². The van der Waals surface area contributed by atoms with Crippen molar-refractivity contribution in [2.24, 2.45) is 0 Å². The maximum Gasteiger partial charge on any atom is 0.180 e. The Hall–Kier alpha value is -1.27. The van der Waals surface area contributed by atoms with Gasteiger partial charge in [0.1, 0.15) is 11.3 Å². The first-order valence-corrected chi connectivity index (χ1v) is 6.99.